The maximum Gasteiger partial charge on any atom is 0.317 e. The first kappa shape index (κ1) is 18.0. The van der Waals surface area contributed by atoms with E-state index in [4.69, 9.17) is 4.74 Å². The zero-order chi connectivity index (χ0) is 18.5. The van der Waals surface area contributed by atoms with Crippen molar-refractivity contribution in [2.75, 3.05) is 39.8 Å². The number of nitrogens with one attached hydrogen (secondary N) is 2. The Morgan fingerprint density at radius 2 is 2.12 bits per heavy atom. The van der Waals surface area contributed by atoms with Crippen LogP contribution in [0.5, 0.6) is 5.75 Å². The van der Waals surface area contributed by atoms with Crippen LogP contribution in [0.25, 0.3) is 0 Å². The van der Waals surface area contributed by atoms with Gasteiger partial charge in [-0.2, -0.15) is 0 Å². The monoisotopic (exact) mass is 360 g/mol. The molecule has 2 aliphatic rings. The zero-order valence-electron chi connectivity index (χ0n) is 14.9. The van der Waals surface area contributed by atoms with Crippen LogP contribution >= 0.6 is 0 Å². The lowest BCUT2D eigenvalue weighted by Crippen LogP contribution is -2.39. The van der Waals surface area contributed by atoms with Gasteiger partial charge in [0.05, 0.1) is 13.0 Å². The summed E-state index contributed by atoms with van der Waals surface area (Å²) in [7, 11) is 1.60. The average Bonchev–Trinajstić information content (AvgIpc) is 3.21. The molecular formula is C18H24N4O4. The fraction of sp³-hybridized carbons (Fsp3) is 0.500. The number of methoxy groups -OCH3 is 1. The number of para-hydroxylation sites is 1. The molecule has 8 nitrogen and oxygen atoms in total. The van der Waals surface area contributed by atoms with Crippen LogP contribution in [0, 0.1) is 5.92 Å². The van der Waals surface area contributed by atoms with E-state index in [-0.39, 0.29) is 30.2 Å². The van der Waals surface area contributed by atoms with E-state index >= 15 is 0 Å². The number of carbonyl (C=O) groups is 3. The Labute approximate surface area is 152 Å². The Bertz CT molecular complexity index is 694. The molecule has 1 aromatic rings. The first-order valence-corrected chi connectivity index (χ1v) is 8.78. The van der Waals surface area contributed by atoms with Crippen LogP contribution in [0.2, 0.25) is 0 Å². The third-order valence-electron chi connectivity index (χ3n) is 4.77. The van der Waals surface area contributed by atoms with Crippen LogP contribution in [0.15, 0.2) is 24.3 Å². The number of ether oxygens (including phenoxy) is 1. The van der Waals surface area contributed by atoms with Crippen molar-refractivity contribution in [3.63, 3.8) is 0 Å². The van der Waals surface area contributed by atoms with Gasteiger partial charge < -0.3 is 25.2 Å². The summed E-state index contributed by atoms with van der Waals surface area (Å²) in [5, 5.41) is 5.56. The lowest BCUT2D eigenvalue weighted by Gasteiger charge is -2.19. The van der Waals surface area contributed by atoms with Gasteiger partial charge in [-0.05, 0) is 6.07 Å². The number of hydrogen-bond acceptors (Lipinski definition) is 4. The van der Waals surface area contributed by atoms with E-state index in [1.165, 1.54) is 0 Å². The molecule has 0 saturated carbocycles. The number of amides is 4. The third-order valence-corrected chi connectivity index (χ3v) is 4.77. The number of urea groups is 1. The van der Waals surface area contributed by atoms with Crippen LogP contribution in [0.4, 0.5) is 4.79 Å². The van der Waals surface area contributed by atoms with Crippen LogP contribution in [0.1, 0.15) is 12.0 Å². The maximum absolute atomic E-state index is 12.3. The second kappa shape index (κ2) is 8.07. The quantitative estimate of drug-likeness (QED) is 0.726. The van der Waals surface area contributed by atoms with Gasteiger partial charge in [0.15, 0.2) is 0 Å². The Balaban J connectivity index is 1.49. The molecule has 1 aromatic carbocycles. The molecule has 0 radical (unpaired) electrons. The van der Waals surface area contributed by atoms with Gasteiger partial charge in [-0.3, -0.25) is 9.59 Å². The van der Waals surface area contributed by atoms with Crippen molar-refractivity contribution in [1.29, 1.82) is 0 Å². The number of hydrogen-bond donors (Lipinski definition) is 2. The Kier molecular flexibility index (Phi) is 5.60. The van der Waals surface area contributed by atoms with Gasteiger partial charge in [0, 0.05) is 51.3 Å². The van der Waals surface area contributed by atoms with E-state index in [1.807, 2.05) is 24.3 Å². The predicted molar refractivity (Wildman–Crippen MR) is 94.5 cm³/mol. The van der Waals surface area contributed by atoms with Gasteiger partial charge in [0.1, 0.15) is 5.75 Å². The first-order valence-electron chi connectivity index (χ1n) is 8.78. The van der Waals surface area contributed by atoms with E-state index in [0.717, 1.165) is 11.3 Å². The minimum absolute atomic E-state index is 0.0324. The Morgan fingerprint density at radius 1 is 1.31 bits per heavy atom. The summed E-state index contributed by atoms with van der Waals surface area (Å²) in [6.45, 7) is 2.99. The molecule has 2 fully saturated rings. The van der Waals surface area contributed by atoms with Crippen molar-refractivity contribution in [2.24, 2.45) is 5.92 Å². The lowest BCUT2D eigenvalue weighted by molar-refractivity contribution is -0.129. The molecular weight excluding hydrogens is 336 g/mol. The zero-order valence-corrected chi connectivity index (χ0v) is 14.9. The van der Waals surface area contributed by atoms with E-state index in [9.17, 15) is 14.4 Å². The minimum atomic E-state index is -0.357. The molecule has 0 aromatic heterocycles. The van der Waals surface area contributed by atoms with Crippen molar-refractivity contribution < 1.29 is 19.1 Å². The average molecular weight is 360 g/mol. The number of likely N-dealkylation sites (tertiary alicyclic amines) is 1. The number of rotatable bonds is 7. The summed E-state index contributed by atoms with van der Waals surface area (Å²) < 4.78 is 5.32. The fourth-order valence-corrected chi connectivity index (χ4v) is 3.32. The van der Waals surface area contributed by atoms with Gasteiger partial charge in [-0.25, -0.2) is 4.79 Å². The molecule has 1 atom stereocenters. The van der Waals surface area contributed by atoms with Crippen molar-refractivity contribution in [3.8, 4) is 5.75 Å². The molecule has 2 N–H and O–H groups in total. The number of benzene rings is 1. The normalized spacial score (nSPS) is 19.7. The molecule has 2 heterocycles. The van der Waals surface area contributed by atoms with Gasteiger partial charge in [-0.15, -0.1) is 0 Å². The molecule has 26 heavy (non-hydrogen) atoms. The first-order chi connectivity index (χ1) is 12.6. The second-order valence-electron chi connectivity index (χ2n) is 6.50. The van der Waals surface area contributed by atoms with E-state index in [0.29, 0.717) is 39.3 Å². The molecule has 3 rings (SSSR count). The summed E-state index contributed by atoms with van der Waals surface area (Å²) in [4.78, 5) is 39.4. The van der Waals surface area contributed by atoms with E-state index in [1.54, 1.807) is 16.9 Å². The summed E-state index contributed by atoms with van der Waals surface area (Å²) in [5.74, 6) is 0.206. The number of carbonyl (C=O) groups excluding carboxylic acids is 3. The van der Waals surface area contributed by atoms with Crippen LogP contribution in [-0.2, 0) is 16.1 Å². The second-order valence-corrected chi connectivity index (χ2v) is 6.50. The molecule has 2 saturated heterocycles. The molecule has 140 valence electrons. The molecule has 8 heteroatoms. The highest BCUT2D eigenvalue weighted by Gasteiger charge is 2.34. The van der Waals surface area contributed by atoms with Gasteiger partial charge in [0.25, 0.3) is 0 Å². The van der Waals surface area contributed by atoms with Crippen molar-refractivity contribution >= 4 is 17.8 Å². The van der Waals surface area contributed by atoms with Crippen molar-refractivity contribution in [1.82, 2.24) is 20.4 Å². The standard InChI is InChI=1S/C18H24N4O4/c1-26-15-5-3-2-4-13(15)11-22-12-14(10-16(22)23)17(24)19-6-8-21-9-7-20-18(21)25/h2-5,14H,6-12H2,1H3,(H,19,24)(H,20,25). The third kappa shape index (κ3) is 4.07. The molecule has 4 amide bonds. The topological polar surface area (TPSA) is 91.0 Å². The fourth-order valence-electron chi connectivity index (χ4n) is 3.32. The van der Waals surface area contributed by atoms with Gasteiger partial charge in [0.2, 0.25) is 11.8 Å². The highest BCUT2D eigenvalue weighted by atomic mass is 16.5. The molecule has 0 aliphatic carbocycles. The summed E-state index contributed by atoms with van der Waals surface area (Å²) in [6, 6.07) is 7.45. The lowest BCUT2D eigenvalue weighted by atomic mass is 10.1. The predicted octanol–water partition coefficient (Wildman–Crippen LogP) is 0.185. The smallest absolute Gasteiger partial charge is 0.317 e. The summed E-state index contributed by atoms with van der Waals surface area (Å²) >= 11 is 0. The largest absolute Gasteiger partial charge is 0.496 e. The molecule has 0 spiro atoms. The Hall–Kier alpha value is -2.77. The van der Waals surface area contributed by atoms with Crippen LogP contribution in [-0.4, -0.2) is 67.5 Å². The van der Waals surface area contributed by atoms with Crippen molar-refractivity contribution in [3.05, 3.63) is 29.8 Å². The van der Waals surface area contributed by atoms with Crippen LogP contribution in [0.3, 0.4) is 0 Å². The van der Waals surface area contributed by atoms with E-state index < -0.39 is 0 Å². The molecule has 2 aliphatic heterocycles. The van der Waals surface area contributed by atoms with Gasteiger partial charge >= 0.3 is 6.03 Å². The minimum Gasteiger partial charge on any atom is -0.496 e. The maximum atomic E-state index is 12.3. The van der Waals surface area contributed by atoms with Gasteiger partial charge in [-0.1, -0.05) is 18.2 Å². The molecule has 0 bridgehead atoms. The Morgan fingerprint density at radius 3 is 2.85 bits per heavy atom. The SMILES string of the molecule is COc1ccccc1CN1CC(C(=O)NCCN2CCNC2=O)CC1=O. The summed E-state index contributed by atoms with van der Waals surface area (Å²) in [5.41, 5.74) is 0.921. The molecule has 1 unspecified atom stereocenters. The number of nitrogens with zero attached hydrogens (tertiary/aromatic N) is 2. The van der Waals surface area contributed by atoms with E-state index in [2.05, 4.69) is 10.6 Å². The van der Waals surface area contributed by atoms with Crippen molar-refractivity contribution in [2.45, 2.75) is 13.0 Å². The highest BCUT2D eigenvalue weighted by Crippen LogP contribution is 2.24. The highest BCUT2D eigenvalue weighted by molar-refractivity contribution is 5.89. The summed E-state index contributed by atoms with van der Waals surface area (Å²) in [6.07, 6.45) is 0.213. The van der Waals surface area contributed by atoms with Crippen LogP contribution < -0.4 is 15.4 Å².